The van der Waals surface area contributed by atoms with Gasteiger partial charge in [0.25, 0.3) is 0 Å². The second kappa shape index (κ2) is 13.2. The van der Waals surface area contributed by atoms with Crippen LogP contribution in [0.2, 0.25) is 0 Å². The highest BCUT2D eigenvalue weighted by molar-refractivity contribution is 6.10. The van der Waals surface area contributed by atoms with E-state index in [4.69, 9.17) is 0 Å². The molecule has 11 rings (SSSR count). The summed E-state index contributed by atoms with van der Waals surface area (Å²) >= 11 is 0. The van der Waals surface area contributed by atoms with Crippen molar-refractivity contribution in [1.29, 1.82) is 0 Å². The molecule has 0 bridgehead atoms. The molecule has 0 N–H and O–H groups in total. The summed E-state index contributed by atoms with van der Waals surface area (Å²) in [5, 5.41) is 5.11. The van der Waals surface area contributed by atoms with Gasteiger partial charge in [0.2, 0.25) is 0 Å². The van der Waals surface area contributed by atoms with Gasteiger partial charge < -0.3 is 9.13 Å². The van der Waals surface area contributed by atoms with Gasteiger partial charge in [-0.3, -0.25) is 0 Å². The molecule has 11 aromatic rings. The SMILES string of the molecule is c1cc(-c2ccc(-c3ccc(-c4ccc(-c5cccc(-n6c7ccccc7c7ccccc76)c5)cc4)cc3)cc2)cc(-n2c3ccccc3c3ccccc32)c1. The molecule has 0 aliphatic rings. The first kappa shape index (κ1) is 32.0. The van der Waals surface area contributed by atoms with Crippen molar-refractivity contribution in [3.05, 3.63) is 218 Å². The van der Waals surface area contributed by atoms with Crippen LogP contribution in [-0.2, 0) is 0 Å². The molecule has 0 aliphatic heterocycles. The van der Waals surface area contributed by atoms with Gasteiger partial charge in [-0.2, -0.15) is 0 Å². The fourth-order valence-electron chi connectivity index (χ4n) is 8.62. The Morgan fingerprint density at radius 2 is 0.446 bits per heavy atom. The molecular weight excluding hydrogens is 677 g/mol. The summed E-state index contributed by atoms with van der Waals surface area (Å²) in [7, 11) is 0. The first-order valence-electron chi connectivity index (χ1n) is 19.3. The fourth-order valence-corrected chi connectivity index (χ4v) is 8.62. The maximum Gasteiger partial charge on any atom is 0.0541 e. The maximum atomic E-state index is 2.38. The largest absolute Gasteiger partial charge is 0.309 e. The molecule has 9 aromatic carbocycles. The summed E-state index contributed by atoms with van der Waals surface area (Å²) in [4.78, 5) is 0. The Bertz CT molecular complexity index is 2890. The van der Waals surface area contributed by atoms with Crippen LogP contribution in [0, 0.1) is 0 Å². The van der Waals surface area contributed by atoms with Gasteiger partial charge in [0.15, 0.2) is 0 Å². The van der Waals surface area contributed by atoms with Gasteiger partial charge in [0.05, 0.1) is 22.1 Å². The Kier molecular flexibility index (Phi) is 7.53. The molecule has 2 heteroatoms. The number of para-hydroxylation sites is 4. The van der Waals surface area contributed by atoms with Crippen LogP contribution in [0.1, 0.15) is 0 Å². The predicted molar refractivity (Wildman–Crippen MR) is 237 cm³/mol. The van der Waals surface area contributed by atoms with E-state index in [1.807, 2.05) is 0 Å². The van der Waals surface area contributed by atoms with Crippen molar-refractivity contribution in [2.75, 3.05) is 0 Å². The smallest absolute Gasteiger partial charge is 0.0541 e. The van der Waals surface area contributed by atoms with Gasteiger partial charge in [0.1, 0.15) is 0 Å². The minimum absolute atomic E-state index is 1.17. The lowest BCUT2D eigenvalue weighted by Crippen LogP contribution is -1.94. The van der Waals surface area contributed by atoms with Crippen LogP contribution < -0.4 is 0 Å². The monoisotopic (exact) mass is 712 g/mol. The Labute approximate surface area is 325 Å². The van der Waals surface area contributed by atoms with Crippen molar-refractivity contribution < 1.29 is 0 Å². The van der Waals surface area contributed by atoms with E-state index in [-0.39, 0.29) is 0 Å². The summed E-state index contributed by atoms with van der Waals surface area (Å²) in [6.45, 7) is 0. The molecule has 2 nitrogen and oxygen atoms in total. The first-order chi connectivity index (χ1) is 27.8. The highest BCUT2D eigenvalue weighted by Gasteiger charge is 2.14. The number of rotatable bonds is 6. The Morgan fingerprint density at radius 3 is 0.732 bits per heavy atom. The third kappa shape index (κ3) is 5.34. The normalized spacial score (nSPS) is 11.6. The number of benzene rings is 9. The lowest BCUT2D eigenvalue weighted by molar-refractivity contribution is 1.18. The summed E-state index contributed by atoms with van der Waals surface area (Å²) in [5.74, 6) is 0. The van der Waals surface area contributed by atoms with E-state index < -0.39 is 0 Å². The molecule has 0 aliphatic carbocycles. The zero-order valence-corrected chi connectivity index (χ0v) is 30.7. The maximum absolute atomic E-state index is 2.38. The molecule has 2 heterocycles. The highest BCUT2D eigenvalue weighted by Crippen LogP contribution is 2.36. The van der Waals surface area contributed by atoms with Crippen LogP contribution in [0.15, 0.2) is 218 Å². The van der Waals surface area contributed by atoms with E-state index >= 15 is 0 Å². The standard InChI is InChI=1S/C54H36N2/c1-5-19-51-47(15-1)48-16-2-6-20-52(48)55(51)45-13-9-11-43(35-45)41-31-27-39(28-32-41)37-23-25-38(26-24-37)40-29-33-42(34-30-40)44-12-10-14-46(36-44)56-53-21-7-3-17-49(53)50-18-4-8-22-54(50)56/h1-36H. The van der Waals surface area contributed by atoms with Crippen molar-refractivity contribution in [3.8, 4) is 55.9 Å². The zero-order chi connectivity index (χ0) is 37.0. The van der Waals surface area contributed by atoms with Crippen molar-refractivity contribution in [2.24, 2.45) is 0 Å². The molecule has 0 atom stereocenters. The number of hydrogen-bond acceptors (Lipinski definition) is 0. The van der Waals surface area contributed by atoms with Crippen LogP contribution in [-0.4, -0.2) is 9.13 Å². The number of hydrogen-bond donors (Lipinski definition) is 0. The van der Waals surface area contributed by atoms with E-state index in [1.54, 1.807) is 0 Å². The third-order valence-electron chi connectivity index (χ3n) is 11.4. The second-order valence-electron chi connectivity index (χ2n) is 14.6. The van der Waals surface area contributed by atoms with E-state index in [0.717, 1.165) is 0 Å². The van der Waals surface area contributed by atoms with Crippen LogP contribution in [0.5, 0.6) is 0 Å². The molecule has 0 radical (unpaired) electrons. The van der Waals surface area contributed by atoms with Crippen molar-refractivity contribution in [1.82, 2.24) is 9.13 Å². The van der Waals surface area contributed by atoms with Gasteiger partial charge >= 0.3 is 0 Å². The topological polar surface area (TPSA) is 9.86 Å². The first-order valence-corrected chi connectivity index (χ1v) is 19.3. The molecule has 0 unspecified atom stereocenters. The number of fused-ring (bicyclic) bond motifs is 6. The molecule has 2 aromatic heterocycles. The van der Waals surface area contributed by atoms with Crippen LogP contribution >= 0.6 is 0 Å². The average Bonchev–Trinajstić information content (AvgIpc) is 3.80. The van der Waals surface area contributed by atoms with Gasteiger partial charge in [-0.1, -0.05) is 170 Å². The van der Waals surface area contributed by atoms with E-state index in [2.05, 4.69) is 228 Å². The Morgan fingerprint density at radius 1 is 0.196 bits per heavy atom. The Hall–Kier alpha value is -7.42. The van der Waals surface area contributed by atoms with Gasteiger partial charge in [-0.05, 0) is 93.0 Å². The van der Waals surface area contributed by atoms with E-state index in [1.165, 1.54) is 99.5 Å². The van der Waals surface area contributed by atoms with Gasteiger partial charge in [-0.15, -0.1) is 0 Å². The average molecular weight is 713 g/mol. The summed E-state index contributed by atoms with van der Waals surface area (Å²) in [5.41, 5.74) is 16.9. The number of nitrogens with zero attached hydrogens (tertiary/aromatic N) is 2. The minimum atomic E-state index is 1.17. The third-order valence-corrected chi connectivity index (χ3v) is 11.4. The molecule has 0 saturated carbocycles. The summed E-state index contributed by atoms with van der Waals surface area (Å²) in [6, 6.07) is 79.3. The second-order valence-corrected chi connectivity index (χ2v) is 14.6. The van der Waals surface area contributed by atoms with Crippen molar-refractivity contribution >= 4 is 43.6 Å². The molecule has 0 saturated heterocycles. The van der Waals surface area contributed by atoms with Crippen LogP contribution in [0.4, 0.5) is 0 Å². The van der Waals surface area contributed by atoms with E-state index in [9.17, 15) is 0 Å². The predicted octanol–water partition coefficient (Wildman–Crippen LogP) is 14.5. The minimum Gasteiger partial charge on any atom is -0.309 e. The zero-order valence-electron chi connectivity index (χ0n) is 30.7. The lowest BCUT2D eigenvalue weighted by Gasteiger charge is -2.11. The van der Waals surface area contributed by atoms with Crippen LogP contribution in [0.25, 0.3) is 99.5 Å². The van der Waals surface area contributed by atoms with Crippen LogP contribution in [0.3, 0.4) is 0 Å². The molecule has 0 fully saturated rings. The summed E-state index contributed by atoms with van der Waals surface area (Å²) in [6.07, 6.45) is 0. The van der Waals surface area contributed by atoms with Crippen molar-refractivity contribution in [2.45, 2.75) is 0 Å². The van der Waals surface area contributed by atoms with E-state index in [0.29, 0.717) is 0 Å². The number of aromatic nitrogens is 2. The molecule has 0 amide bonds. The summed E-state index contributed by atoms with van der Waals surface area (Å²) < 4.78 is 4.76. The quantitative estimate of drug-likeness (QED) is 0.162. The molecular formula is C54H36N2. The van der Waals surface area contributed by atoms with Gasteiger partial charge in [0, 0.05) is 32.9 Å². The lowest BCUT2D eigenvalue weighted by atomic mass is 9.97. The fraction of sp³-hybridized carbons (Fsp3) is 0. The Balaban J connectivity index is 0.837. The molecule has 262 valence electrons. The molecule has 0 spiro atoms. The molecule has 56 heavy (non-hydrogen) atoms. The van der Waals surface area contributed by atoms with Gasteiger partial charge in [-0.25, -0.2) is 0 Å². The highest BCUT2D eigenvalue weighted by atomic mass is 15.0. The van der Waals surface area contributed by atoms with Crippen molar-refractivity contribution in [3.63, 3.8) is 0 Å².